The quantitative estimate of drug-likeness (QED) is 0.266. The van der Waals surface area contributed by atoms with Gasteiger partial charge in [0.2, 0.25) is 0 Å². The van der Waals surface area contributed by atoms with Crippen LogP contribution in [0.2, 0.25) is 0 Å². The van der Waals surface area contributed by atoms with Gasteiger partial charge in [-0.3, -0.25) is 0 Å². The molecule has 0 aliphatic heterocycles. The lowest BCUT2D eigenvalue weighted by atomic mass is 10.8. The fourth-order valence-electron chi connectivity index (χ4n) is 0.130. The molecule has 0 heterocycles. The Bertz CT molecular complexity index is 30.1. The van der Waals surface area contributed by atoms with Crippen molar-refractivity contribution in [3.8, 4) is 0 Å². The van der Waals surface area contributed by atoms with E-state index in [1.165, 1.54) is 0 Å². The lowest BCUT2D eigenvalue weighted by molar-refractivity contribution is -0.304. The van der Waals surface area contributed by atoms with Crippen molar-refractivity contribution in [2.45, 2.75) is 0 Å². The van der Waals surface area contributed by atoms with Crippen LogP contribution < -0.4 is 11.8 Å². The van der Waals surface area contributed by atoms with Gasteiger partial charge in [0.25, 0.3) is 0 Å². The summed E-state index contributed by atoms with van der Waals surface area (Å²) in [5.41, 5.74) is 0. The van der Waals surface area contributed by atoms with Gasteiger partial charge >= 0.3 is 0 Å². The van der Waals surface area contributed by atoms with Crippen LogP contribution in [0.25, 0.3) is 0 Å². The van der Waals surface area contributed by atoms with E-state index in [0.717, 1.165) is 0 Å². The largest absolute Gasteiger partial charge is 0.302 e. The van der Waals surface area contributed by atoms with Crippen LogP contribution in [-0.2, 0) is 14.7 Å². The number of rotatable bonds is 4. The fourth-order valence-corrected chi connectivity index (χ4v) is 0.130. The van der Waals surface area contributed by atoms with Gasteiger partial charge in [-0.1, -0.05) is 0 Å². The highest BCUT2D eigenvalue weighted by molar-refractivity contribution is 4.14. The van der Waals surface area contributed by atoms with Gasteiger partial charge in [0.15, 0.2) is 0 Å². The molecule has 0 saturated heterocycles. The highest BCUT2D eigenvalue weighted by Gasteiger charge is 1.80. The summed E-state index contributed by atoms with van der Waals surface area (Å²) >= 11 is 0. The van der Waals surface area contributed by atoms with E-state index in [-0.39, 0.29) is 13.2 Å². The van der Waals surface area contributed by atoms with Crippen molar-refractivity contribution in [1.82, 2.24) is 0 Å². The second kappa shape index (κ2) is 5.80. The summed E-state index contributed by atoms with van der Waals surface area (Å²) in [4.78, 5) is 11.9. The summed E-state index contributed by atoms with van der Waals surface area (Å²) < 4.78 is 0. The summed E-state index contributed by atoms with van der Waals surface area (Å²) in [6, 6.07) is 0. The van der Waals surface area contributed by atoms with Crippen LogP contribution in [0.4, 0.5) is 0 Å². The molecule has 44 valence electrons. The molecular weight excluding hydrogens is 100 g/mol. The van der Waals surface area contributed by atoms with Crippen molar-refractivity contribution in [3.63, 3.8) is 0 Å². The van der Waals surface area contributed by atoms with Gasteiger partial charge in [0.05, 0.1) is 6.61 Å². The first-order valence-electron chi connectivity index (χ1n) is 1.72. The van der Waals surface area contributed by atoms with Crippen molar-refractivity contribution in [1.29, 1.82) is 0 Å². The van der Waals surface area contributed by atoms with Crippen LogP contribution in [0.15, 0.2) is 0 Å². The maximum atomic E-state index is 4.59. The Labute approximate surface area is 41.0 Å². The Balaban J connectivity index is 2.45. The molecule has 5 heteroatoms. The monoisotopic (exact) mass is 108 g/mol. The molecule has 0 aromatic carbocycles. The Hall–Kier alpha value is -0.200. The van der Waals surface area contributed by atoms with Gasteiger partial charge in [-0.25, -0.2) is 10.8 Å². The maximum Gasteiger partial charge on any atom is 0.110 e. The summed E-state index contributed by atoms with van der Waals surface area (Å²) in [5, 5.41) is 0. The third-order valence-electron chi connectivity index (χ3n) is 0.353. The molecule has 0 fully saturated rings. The second-order valence-corrected chi connectivity index (χ2v) is 0.789. The molecule has 0 saturated carbocycles. The van der Waals surface area contributed by atoms with E-state index >= 15 is 0 Å². The maximum absolute atomic E-state index is 4.59. The average Bonchev–Trinajstić information content (AvgIpc) is 1.69. The molecule has 0 aromatic rings. The van der Waals surface area contributed by atoms with E-state index in [2.05, 4.69) is 26.5 Å². The number of hydrogen-bond donors (Lipinski definition) is 2. The van der Waals surface area contributed by atoms with Crippen molar-refractivity contribution in [2.24, 2.45) is 11.8 Å². The van der Waals surface area contributed by atoms with E-state index < -0.39 is 0 Å². The van der Waals surface area contributed by atoms with Crippen LogP contribution >= 0.6 is 0 Å². The number of nitrogens with two attached hydrogens (primary N) is 2. The normalized spacial score (nSPS) is 9.43. The van der Waals surface area contributed by atoms with E-state index in [9.17, 15) is 0 Å². The zero-order valence-electron chi connectivity index (χ0n) is 3.79. The Kier molecular flexibility index (Phi) is 5.63. The third-order valence-corrected chi connectivity index (χ3v) is 0.353. The van der Waals surface area contributed by atoms with Gasteiger partial charge in [-0.15, -0.1) is 4.99 Å². The molecule has 0 spiro atoms. The molecule has 0 atom stereocenters. The first kappa shape index (κ1) is 6.80. The van der Waals surface area contributed by atoms with Gasteiger partial charge in [-0.05, 0) is 0 Å². The highest BCUT2D eigenvalue weighted by atomic mass is 17.3. The van der Waals surface area contributed by atoms with Crippen LogP contribution in [0.5, 0.6) is 0 Å². The Morgan fingerprint density at radius 2 is 1.86 bits per heavy atom. The Morgan fingerprint density at radius 1 is 1.14 bits per heavy atom. The second-order valence-electron chi connectivity index (χ2n) is 0.789. The van der Waals surface area contributed by atoms with Crippen LogP contribution in [0, 0.1) is 0 Å². The summed E-state index contributed by atoms with van der Waals surface area (Å²) in [6.07, 6.45) is 0. The zero-order valence-corrected chi connectivity index (χ0v) is 3.79. The van der Waals surface area contributed by atoms with E-state index in [1.807, 2.05) is 0 Å². The van der Waals surface area contributed by atoms with Gasteiger partial charge in [0.1, 0.15) is 6.61 Å². The van der Waals surface area contributed by atoms with Crippen molar-refractivity contribution in [2.75, 3.05) is 13.2 Å². The summed E-state index contributed by atoms with van der Waals surface area (Å²) in [6.45, 7) is 0.518. The van der Waals surface area contributed by atoms with Crippen LogP contribution in [-0.4, -0.2) is 13.2 Å². The molecule has 7 heavy (non-hydrogen) atoms. The molecule has 0 unspecified atom stereocenters. The minimum Gasteiger partial charge on any atom is -0.302 e. The van der Waals surface area contributed by atoms with Crippen molar-refractivity contribution in [3.05, 3.63) is 0 Å². The average molecular weight is 108 g/mol. The molecule has 4 N–H and O–H groups in total. The lowest BCUT2D eigenvalue weighted by Gasteiger charge is -1.93. The van der Waals surface area contributed by atoms with Crippen LogP contribution in [0.1, 0.15) is 0 Å². The molecule has 5 nitrogen and oxygen atoms in total. The molecule has 0 radical (unpaired) electrons. The molecule has 0 rings (SSSR count). The Morgan fingerprint density at radius 3 is 2.29 bits per heavy atom. The summed E-state index contributed by atoms with van der Waals surface area (Å²) in [5.74, 6) is 9.04. The minimum absolute atomic E-state index is 0.243. The van der Waals surface area contributed by atoms with Gasteiger partial charge in [-0.2, -0.15) is 5.90 Å². The van der Waals surface area contributed by atoms with Crippen molar-refractivity contribution < 1.29 is 14.7 Å². The first-order chi connectivity index (χ1) is 3.41. The SMILES string of the molecule is NOCCOON. The van der Waals surface area contributed by atoms with Crippen molar-refractivity contribution >= 4 is 0 Å². The first-order valence-corrected chi connectivity index (χ1v) is 1.72. The predicted molar refractivity (Wildman–Crippen MR) is 21.4 cm³/mol. The molecule has 0 bridgehead atoms. The molecule has 0 aliphatic rings. The summed E-state index contributed by atoms with van der Waals surface area (Å²) in [7, 11) is 0. The van der Waals surface area contributed by atoms with E-state index in [0.29, 0.717) is 0 Å². The third kappa shape index (κ3) is 5.80. The van der Waals surface area contributed by atoms with E-state index in [1.54, 1.807) is 0 Å². The molecule has 0 aliphatic carbocycles. The zero-order chi connectivity index (χ0) is 5.54. The highest BCUT2D eigenvalue weighted by Crippen LogP contribution is 1.67. The number of hydrogen-bond acceptors (Lipinski definition) is 5. The molecular formula is C2H8N2O3. The lowest BCUT2D eigenvalue weighted by Crippen LogP contribution is -2.10. The van der Waals surface area contributed by atoms with E-state index in [4.69, 9.17) is 0 Å². The predicted octanol–water partition coefficient (Wildman–Crippen LogP) is -1.30. The minimum atomic E-state index is 0.243. The smallest absolute Gasteiger partial charge is 0.110 e. The van der Waals surface area contributed by atoms with Gasteiger partial charge < -0.3 is 4.84 Å². The fraction of sp³-hybridized carbons (Fsp3) is 1.00. The topological polar surface area (TPSA) is 79.7 Å². The molecule has 0 aromatic heterocycles. The standard InChI is InChI=1S/C2H8N2O3/c3-5-1-2-6-7-4/h1-4H2. The molecule has 0 amide bonds. The van der Waals surface area contributed by atoms with Crippen LogP contribution in [0.3, 0.4) is 0 Å². The van der Waals surface area contributed by atoms with Gasteiger partial charge in [0, 0.05) is 0 Å².